The molecule has 20 nitrogen and oxygen atoms in total. The Hall–Kier alpha value is -18.9. The Morgan fingerprint density at radius 1 is 0.242 bits per heavy atom. The van der Waals surface area contributed by atoms with Crippen molar-refractivity contribution >= 4 is 37.3 Å². The van der Waals surface area contributed by atoms with E-state index in [1.54, 1.807) is 83.6 Å². The minimum atomic E-state index is -0.382. The molecule has 6 aliphatic heterocycles. The van der Waals surface area contributed by atoms with Gasteiger partial charge in [0.25, 0.3) is 0 Å². The van der Waals surface area contributed by atoms with Crippen LogP contribution in [-0.2, 0) is 45.9 Å². The summed E-state index contributed by atoms with van der Waals surface area (Å²) in [5, 5.41) is 19.2. The number of pyridine rings is 6. The highest BCUT2D eigenvalue weighted by Gasteiger charge is 2.24. The normalized spacial score (nSPS) is 12.2. The van der Waals surface area contributed by atoms with Gasteiger partial charge in [0, 0.05) is 147 Å². The Balaban J connectivity index is 0.000000109. The van der Waals surface area contributed by atoms with E-state index in [0.29, 0.717) is 23.9 Å². The van der Waals surface area contributed by atoms with Crippen molar-refractivity contribution in [2.24, 2.45) is 30.0 Å². The van der Waals surface area contributed by atoms with Gasteiger partial charge in [0.2, 0.25) is 0 Å². The maximum absolute atomic E-state index is 13.7. The van der Waals surface area contributed by atoms with Crippen molar-refractivity contribution in [3.63, 3.8) is 0 Å². The first-order chi connectivity index (χ1) is 73.1. The van der Waals surface area contributed by atoms with E-state index >= 15 is 0 Å². The minimum absolute atomic E-state index is 0.213. The lowest BCUT2D eigenvalue weighted by molar-refractivity contribution is 0.284. The van der Waals surface area contributed by atoms with Crippen molar-refractivity contribution in [1.29, 1.82) is 0 Å². The molecule has 12 heterocycles. The SMILES string of the molecule is COc1cc(-c2ncccc2-c2ccc3c(c2)C=NC3)ccc1C.COc1cc(-c2ncccc2-c2ccc3c(c2)C=NC3)ccc1F.COc1cc(-c2ncccc2-c2ccc3c(c2)C=NC3)ccc1OCc1ccccc1.COc1cc(OC)cc(-c2ncccc2-c2ccc3c(c2)C=NC3)c1.Cc1cc(-c2ncccc2-c2ccc3c(c2)C=NC3)ccc1O.Oc1ccc(-c2ncccc2-c2ccc3c(c2)C=NC3)cc1. The summed E-state index contributed by atoms with van der Waals surface area (Å²) >= 11 is 0. The zero-order valence-electron chi connectivity index (χ0n) is 83.1. The number of nitrogens with zero attached hydrogens (tertiary/aromatic N) is 12. The fourth-order valence-corrected chi connectivity index (χ4v) is 18.6. The average Bonchev–Trinajstić information content (AvgIpc) is 1.73. The van der Waals surface area contributed by atoms with Gasteiger partial charge in [-0.3, -0.25) is 59.9 Å². The molecule has 21 heteroatoms. The molecule has 0 aliphatic carbocycles. The average molecular weight is 1960 g/mol. The van der Waals surface area contributed by atoms with E-state index in [1.165, 1.54) is 74.4 Å². The number of hydrogen-bond donors (Lipinski definition) is 2. The van der Waals surface area contributed by atoms with E-state index in [2.05, 4.69) is 218 Å². The van der Waals surface area contributed by atoms with Crippen molar-refractivity contribution in [3.05, 3.63) is 454 Å². The van der Waals surface area contributed by atoms with Gasteiger partial charge in [-0.05, 0) is 301 Å². The van der Waals surface area contributed by atoms with Crippen molar-refractivity contribution in [3.8, 4) is 180 Å². The second-order valence-electron chi connectivity index (χ2n) is 36.0. The van der Waals surface area contributed by atoms with E-state index < -0.39 is 0 Å². The highest BCUT2D eigenvalue weighted by Crippen LogP contribution is 2.44. The summed E-state index contributed by atoms with van der Waals surface area (Å²) in [5.74, 6) is 4.16. The minimum Gasteiger partial charge on any atom is -0.508 e. The molecule has 0 spiro atoms. The van der Waals surface area contributed by atoms with Crippen molar-refractivity contribution in [2.75, 3.05) is 35.5 Å². The summed E-state index contributed by atoms with van der Waals surface area (Å²) in [7, 11) is 8.12. The molecule has 149 heavy (non-hydrogen) atoms. The molecular formula is C128H103FN12O8. The predicted molar refractivity (Wildman–Crippen MR) is 595 cm³/mol. The second-order valence-corrected chi connectivity index (χ2v) is 36.0. The molecule has 0 unspecified atom stereocenters. The lowest BCUT2D eigenvalue weighted by atomic mass is 9.96. The first kappa shape index (κ1) is 97.5. The number of hydrogen-bond acceptors (Lipinski definition) is 20. The van der Waals surface area contributed by atoms with E-state index in [0.717, 1.165) is 213 Å². The van der Waals surface area contributed by atoms with Crippen LogP contribution in [0.2, 0.25) is 0 Å². The molecule has 0 saturated carbocycles. The number of aliphatic imine (C=N–C) groups is 6. The van der Waals surface area contributed by atoms with Gasteiger partial charge in [0.05, 0.1) is 109 Å². The van der Waals surface area contributed by atoms with Gasteiger partial charge < -0.3 is 38.6 Å². The molecule has 13 aromatic carbocycles. The molecule has 0 amide bonds. The van der Waals surface area contributed by atoms with Crippen molar-refractivity contribution < 1.29 is 43.0 Å². The standard InChI is InChI=1S/C27H22N2O2.C21H18N2O2.C21H18N2O.C20H15FN2O.C20H16N2O.C19H14N2O/c1-30-26-15-21(11-12-25(26)31-18-19-6-3-2-4-7-19)27-24(8-5-13-29-27)20-9-10-22-16-28-17-23(22)14-20;1-24-18-9-16(10-19(11-18)25-2)21-20(4-3-7-23-21)14-5-6-15-12-22-13-17(15)8-14;1-14-5-6-16(11-20(14)24-2)21-19(4-3-9-23-21)15-7-8-17-12-22-13-18(17)10-15;1-24-19-10-14(6-7-18(19)21)20-17(3-2-8-23-20)13-4-5-15-11-22-12-16(15)9-13;1-13-9-15(6-7-19(13)23)20-18(3-2-8-22-20)14-4-5-16-11-21-12-17(16)10-14;22-17-7-5-13(6-8-17)19-18(2-1-9-21-19)14-3-4-15-11-20-12-16(15)10-14/h2-15,17H,16,18H2,1H3;3-11,13H,12H2,1-2H3;3-11,13H,12H2,1-2H3;2-10,12H,11H2,1H3;2-10,12,23H,11H2,1H3;1-10,12,22H,11H2. The Morgan fingerprint density at radius 3 is 0.893 bits per heavy atom. The number of rotatable bonds is 20. The molecule has 0 bridgehead atoms. The van der Waals surface area contributed by atoms with Crippen LogP contribution in [0, 0.1) is 19.7 Å². The summed E-state index contributed by atoms with van der Waals surface area (Å²) < 4.78 is 46.7. The van der Waals surface area contributed by atoms with Crippen molar-refractivity contribution in [2.45, 2.75) is 59.7 Å². The van der Waals surface area contributed by atoms with Gasteiger partial charge in [-0.1, -0.05) is 152 Å². The fourth-order valence-electron chi connectivity index (χ4n) is 18.6. The van der Waals surface area contributed by atoms with E-state index in [1.807, 2.05) is 197 Å². The van der Waals surface area contributed by atoms with Gasteiger partial charge in [-0.25, -0.2) is 4.39 Å². The molecule has 19 aromatic rings. The summed E-state index contributed by atoms with van der Waals surface area (Å²) in [6.45, 7) is 9.02. The summed E-state index contributed by atoms with van der Waals surface area (Å²) in [4.78, 5) is 53.5. The van der Waals surface area contributed by atoms with Gasteiger partial charge in [0.15, 0.2) is 23.1 Å². The molecule has 0 atom stereocenters. The molecule has 730 valence electrons. The number of halogens is 1. The molecule has 25 rings (SSSR count). The maximum Gasteiger partial charge on any atom is 0.165 e. The number of ether oxygens (including phenoxy) is 6. The molecule has 0 fully saturated rings. The number of phenolic OH excluding ortho intramolecular Hbond substituents is 2. The number of aryl methyl sites for hydroxylation is 2. The lowest BCUT2D eigenvalue weighted by Crippen LogP contribution is -1.98. The highest BCUT2D eigenvalue weighted by atomic mass is 19.1. The molecule has 0 radical (unpaired) electrons. The molecule has 6 aromatic heterocycles. The quantitative estimate of drug-likeness (QED) is 0.0720. The van der Waals surface area contributed by atoms with E-state index in [9.17, 15) is 14.6 Å². The van der Waals surface area contributed by atoms with Gasteiger partial charge in [0.1, 0.15) is 35.4 Å². The van der Waals surface area contributed by atoms with Gasteiger partial charge in [-0.2, -0.15) is 0 Å². The number of methoxy groups -OCH3 is 5. The molecule has 2 N–H and O–H groups in total. The third-order valence-corrected chi connectivity index (χ3v) is 26.6. The summed E-state index contributed by atoms with van der Waals surface area (Å²) in [6.07, 6.45) is 22.4. The smallest absolute Gasteiger partial charge is 0.165 e. The lowest BCUT2D eigenvalue weighted by Gasteiger charge is -2.14. The fraction of sp³-hybridized carbons (Fsp3) is 0.109. The Kier molecular flexibility index (Phi) is 29.7. The number of phenols is 2. The highest BCUT2D eigenvalue weighted by molar-refractivity contribution is 5.96. The molecular weight excluding hydrogens is 1850 g/mol. The monoisotopic (exact) mass is 1950 g/mol. The summed E-state index contributed by atoms with van der Waals surface area (Å²) in [5.41, 5.74) is 42.0. The zero-order valence-corrected chi connectivity index (χ0v) is 83.1. The van der Waals surface area contributed by atoms with Crippen LogP contribution in [0.4, 0.5) is 4.39 Å². The predicted octanol–water partition coefficient (Wildman–Crippen LogP) is 27.9. The Labute approximate surface area is 864 Å². The zero-order chi connectivity index (χ0) is 102. The van der Waals surface area contributed by atoms with E-state index in [4.69, 9.17) is 28.4 Å². The van der Waals surface area contributed by atoms with Crippen LogP contribution >= 0.6 is 0 Å². The Morgan fingerprint density at radius 2 is 0.544 bits per heavy atom. The topological polar surface area (TPSA) is 247 Å². The van der Waals surface area contributed by atoms with Crippen LogP contribution in [0.15, 0.2) is 395 Å². The number of benzene rings is 13. The molecule has 6 aliphatic rings. The summed E-state index contributed by atoms with van der Waals surface area (Å²) in [6, 6.07) is 108. The van der Waals surface area contributed by atoms with Gasteiger partial charge in [-0.15, -0.1) is 0 Å². The van der Waals surface area contributed by atoms with Crippen LogP contribution < -0.4 is 28.4 Å². The van der Waals surface area contributed by atoms with Crippen LogP contribution in [0.1, 0.15) is 83.5 Å². The van der Waals surface area contributed by atoms with Crippen molar-refractivity contribution in [1.82, 2.24) is 29.9 Å². The van der Waals surface area contributed by atoms with Crippen LogP contribution in [0.5, 0.6) is 46.0 Å². The third kappa shape index (κ3) is 22.3. The van der Waals surface area contributed by atoms with Gasteiger partial charge >= 0.3 is 0 Å². The first-order valence-corrected chi connectivity index (χ1v) is 48.8. The molecule has 0 saturated heterocycles. The Bertz CT molecular complexity index is 8230. The second kappa shape index (κ2) is 45.4. The van der Waals surface area contributed by atoms with Crippen LogP contribution in [0.25, 0.3) is 134 Å². The van der Waals surface area contributed by atoms with Crippen LogP contribution in [-0.4, -0.2) is 113 Å². The van der Waals surface area contributed by atoms with E-state index in [-0.39, 0.29) is 17.3 Å². The number of aromatic nitrogens is 6. The maximum atomic E-state index is 13.7. The number of fused-ring (bicyclic) bond motifs is 6. The first-order valence-electron chi connectivity index (χ1n) is 48.8. The third-order valence-electron chi connectivity index (χ3n) is 26.6. The largest absolute Gasteiger partial charge is 0.508 e. The number of aromatic hydroxyl groups is 2. The van der Waals surface area contributed by atoms with Crippen LogP contribution in [0.3, 0.4) is 0 Å².